The van der Waals surface area contributed by atoms with Crippen LogP contribution in [-0.2, 0) is 6.18 Å². The molecule has 6 heteroatoms. The van der Waals surface area contributed by atoms with Crippen molar-refractivity contribution in [1.82, 2.24) is 0 Å². The van der Waals surface area contributed by atoms with Crippen LogP contribution in [-0.4, -0.2) is 6.21 Å². The van der Waals surface area contributed by atoms with Crippen molar-refractivity contribution in [1.29, 1.82) is 0 Å². The summed E-state index contributed by atoms with van der Waals surface area (Å²) in [7, 11) is 0. The van der Waals surface area contributed by atoms with Crippen molar-refractivity contribution in [3.63, 3.8) is 0 Å². The number of anilines is 1. The predicted octanol–water partition coefficient (Wildman–Crippen LogP) is 4.29. The highest BCUT2D eigenvalue weighted by Gasteiger charge is 2.29. The molecule has 0 atom stereocenters. The van der Waals surface area contributed by atoms with Crippen LogP contribution in [0.2, 0.25) is 0 Å². The standard InChI is InChI=1S/C14H10F4N2/c15-12-3-1-2-10(8-12)9-19-20-13-6-4-11(5-7-13)14(16,17)18/h1-9,20H. The molecule has 0 aliphatic carbocycles. The molecule has 104 valence electrons. The first-order chi connectivity index (χ1) is 9.45. The topological polar surface area (TPSA) is 24.4 Å². The Labute approximate surface area is 112 Å². The van der Waals surface area contributed by atoms with Crippen molar-refractivity contribution >= 4 is 11.9 Å². The molecule has 0 spiro atoms. The largest absolute Gasteiger partial charge is 0.416 e. The summed E-state index contributed by atoms with van der Waals surface area (Å²) >= 11 is 0. The lowest BCUT2D eigenvalue weighted by atomic mass is 10.2. The zero-order valence-corrected chi connectivity index (χ0v) is 10.2. The van der Waals surface area contributed by atoms with Gasteiger partial charge in [-0.25, -0.2) is 4.39 Å². The number of benzene rings is 2. The van der Waals surface area contributed by atoms with E-state index in [1.807, 2.05) is 0 Å². The number of hydrogen-bond acceptors (Lipinski definition) is 2. The lowest BCUT2D eigenvalue weighted by Gasteiger charge is -2.07. The number of rotatable bonds is 3. The maximum Gasteiger partial charge on any atom is 0.416 e. The minimum atomic E-state index is -4.36. The molecule has 0 unspecified atom stereocenters. The van der Waals surface area contributed by atoms with Crippen LogP contribution in [0.15, 0.2) is 53.6 Å². The number of alkyl halides is 3. The quantitative estimate of drug-likeness (QED) is 0.507. The highest BCUT2D eigenvalue weighted by Crippen LogP contribution is 2.29. The van der Waals surface area contributed by atoms with E-state index in [1.165, 1.54) is 36.5 Å². The van der Waals surface area contributed by atoms with Gasteiger partial charge >= 0.3 is 6.18 Å². The van der Waals surface area contributed by atoms with E-state index in [9.17, 15) is 17.6 Å². The van der Waals surface area contributed by atoms with E-state index in [4.69, 9.17) is 0 Å². The van der Waals surface area contributed by atoms with Gasteiger partial charge in [0.1, 0.15) is 5.82 Å². The van der Waals surface area contributed by atoms with E-state index in [0.717, 1.165) is 12.1 Å². The van der Waals surface area contributed by atoms with Crippen LogP contribution >= 0.6 is 0 Å². The fraction of sp³-hybridized carbons (Fsp3) is 0.0714. The lowest BCUT2D eigenvalue weighted by molar-refractivity contribution is -0.137. The van der Waals surface area contributed by atoms with Gasteiger partial charge in [-0.15, -0.1) is 0 Å². The Morgan fingerprint density at radius 1 is 1.00 bits per heavy atom. The van der Waals surface area contributed by atoms with E-state index in [-0.39, 0.29) is 5.82 Å². The molecule has 2 nitrogen and oxygen atoms in total. The van der Waals surface area contributed by atoms with Gasteiger partial charge in [-0.2, -0.15) is 18.3 Å². The van der Waals surface area contributed by atoms with Gasteiger partial charge in [0, 0.05) is 0 Å². The normalized spacial score (nSPS) is 11.8. The zero-order valence-electron chi connectivity index (χ0n) is 10.2. The van der Waals surface area contributed by atoms with Gasteiger partial charge in [0.25, 0.3) is 0 Å². The molecule has 0 saturated heterocycles. The van der Waals surface area contributed by atoms with Crippen LogP contribution in [0.4, 0.5) is 23.2 Å². The second-order valence-electron chi connectivity index (χ2n) is 4.00. The van der Waals surface area contributed by atoms with E-state index in [1.54, 1.807) is 6.07 Å². The van der Waals surface area contributed by atoms with Crippen molar-refractivity contribution in [3.8, 4) is 0 Å². The number of nitrogens with one attached hydrogen (secondary N) is 1. The molecule has 2 aromatic rings. The zero-order chi connectivity index (χ0) is 14.6. The van der Waals surface area contributed by atoms with Crippen LogP contribution in [0, 0.1) is 5.82 Å². The van der Waals surface area contributed by atoms with Crippen LogP contribution < -0.4 is 5.43 Å². The van der Waals surface area contributed by atoms with Gasteiger partial charge in [0.05, 0.1) is 17.5 Å². The van der Waals surface area contributed by atoms with Gasteiger partial charge in [-0.3, -0.25) is 5.43 Å². The summed E-state index contributed by atoms with van der Waals surface area (Å²) in [6.45, 7) is 0. The second kappa shape index (κ2) is 5.73. The first-order valence-corrected chi connectivity index (χ1v) is 5.67. The maximum atomic E-state index is 12.9. The van der Waals surface area contributed by atoms with Crippen LogP contribution in [0.25, 0.3) is 0 Å². The fourth-order valence-electron chi connectivity index (χ4n) is 1.50. The van der Waals surface area contributed by atoms with Crippen LogP contribution in [0.3, 0.4) is 0 Å². The molecule has 0 aromatic heterocycles. The van der Waals surface area contributed by atoms with Crippen molar-refractivity contribution in [3.05, 3.63) is 65.5 Å². The van der Waals surface area contributed by atoms with Gasteiger partial charge in [-0.05, 0) is 42.0 Å². The molecule has 0 heterocycles. The van der Waals surface area contributed by atoms with Crippen molar-refractivity contribution in [2.45, 2.75) is 6.18 Å². The number of halogens is 4. The molecule has 0 fully saturated rings. The van der Waals surface area contributed by atoms with Crippen molar-refractivity contribution in [2.24, 2.45) is 5.10 Å². The first kappa shape index (κ1) is 14.0. The maximum absolute atomic E-state index is 12.9. The average molecular weight is 282 g/mol. The summed E-state index contributed by atoms with van der Waals surface area (Å²) in [4.78, 5) is 0. The number of hydrogen-bond donors (Lipinski definition) is 1. The Balaban J connectivity index is 2.01. The summed E-state index contributed by atoms with van der Waals surface area (Å²) in [6, 6.07) is 10.2. The Morgan fingerprint density at radius 3 is 2.30 bits per heavy atom. The molecular weight excluding hydrogens is 272 g/mol. The third kappa shape index (κ3) is 3.81. The molecule has 2 rings (SSSR count). The summed E-state index contributed by atoms with van der Waals surface area (Å²) in [6.07, 6.45) is -2.98. The first-order valence-electron chi connectivity index (χ1n) is 5.67. The van der Waals surface area contributed by atoms with E-state index >= 15 is 0 Å². The lowest BCUT2D eigenvalue weighted by Crippen LogP contribution is -2.04. The molecule has 0 bridgehead atoms. The Kier molecular flexibility index (Phi) is 4.02. The van der Waals surface area contributed by atoms with Gasteiger partial charge < -0.3 is 0 Å². The molecule has 0 saturated carbocycles. The van der Waals surface area contributed by atoms with Gasteiger partial charge in [0.15, 0.2) is 0 Å². The van der Waals surface area contributed by atoms with Gasteiger partial charge in [-0.1, -0.05) is 12.1 Å². The Hall–Kier alpha value is -2.37. The minimum absolute atomic E-state index is 0.386. The monoisotopic (exact) mass is 282 g/mol. The summed E-state index contributed by atoms with van der Waals surface area (Å²) in [5.41, 5.74) is 2.80. The SMILES string of the molecule is Fc1cccc(C=NNc2ccc(C(F)(F)F)cc2)c1. The molecule has 0 radical (unpaired) electrons. The Morgan fingerprint density at radius 2 is 1.70 bits per heavy atom. The predicted molar refractivity (Wildman–Crippen MR) is 69.1 cm³/mol. The van der Waals surface area contributed by atoms with E-state index < -0.39 is 11.7 Å². The average Bonchev–Trinajstić information content (AvgIpc) is 2.38. The molecule has 0 aliphatic heterocycles. The van der Waals surface area contributed by atoms with Gasteiger partial charge in [0.2, 0.25) is 0 Å². The third-order valence-electron chi connectivity index (χ3n) is 2.47. The summed E-state index contributed by atoms with van der Waals surface area (Å²) < 4.78 is 49.9. The molecule has 0 aliphatic rings. The molecule has 1 N–H and O–H groups in total. The number of hydrazone groups is 1. The summed E-state index contributed by atoms with van der Waals surface area (Å²) in [5, 5.41) is 3.82. The van der Waals surface area contributed by atoms with Crippen molar-refractivity contribution in [2.75, 3.05) is 5.43 Å². The van der Waals surface area contributed by atoms with Crippen LogP contribution in [0.1, 0.15) is 11.1 Å². The smallest absolute Gasteiger partial charge is 0.279 e. The number of nitrogens with zero attached hydrogens (tertiary/aromatic N) is 1. The van der Waals surface area contributed by atoms with E-state index in [0.29, 0.717) is 11.3 Å². The highest BCUT2D eigenvalue weighted by atomic mass is 19.4. The molecule has 0 amide bonds. The Bertz CT molecular complexity index is 603. The third-order valence-corrected chi connectivity index (χ3v) is 2.47. The highest BCUT2D eigenvalue weighted by molar-refractivity contribution is 5.80. The second-order valence-corrected chi connectivity index (χ2v) is 4.00. The molecular formula is C14H10F4N2. The summed E-state index contributed by atoms with van der Waals surface area (Å²) in [5.74, 6) is -0.386. The van der Waals surface area contributed by atoms with E-state index in [2.05, 4.69) is 10.5 Å². The van der Waals surface area contributed by atoms with Crippen LogP contribution in [0.5, 0.6) is 0 Å². The van der Waals surface area contributed by atoms with Crippen molar-refractivity contribution < 1.29 is 17.6 Å². The molecule has 2 aromatic carbocycles. The molecule has 20 heavy (non-hydrogen) atoms. The minimum Gasteiger partial charge on any atom is -0.279 e. The fourth-order valence-corrected chi connectivity index (χ4v) is 1.50.